The van der Waals surface area contributed by atoms with E-state index in [4.69, 9.17) is 0 Å². The van der Waals surface area contributed by atoms with Gasteiger partial charge in [-0.1, -0.05) is 18.2 Å². The van der Waals surface area contributed by atoms with Gasteiger partial charge in [-0.25, -0.2) is 4.79 Å². The molecule has 2 aromatic rings. The predicted octanol–water partition coefficient (Wildman–Crippen LogP) is 0.262. The quantitative estimate of drug-likeness (QED) is 0.610. The van der Waals surface area contributed by atoms with Crippen LogP contribution in [0.3, 0.4) is 0 Å². The fourth-order valence-corrected chi connectivity index (χ4v) is 3.40. The number of nitrogens with zero attached hydrogens (tertiary/aromatic N) is 1. The Morgan fingerprint density at radius 3 is 2.77 bits per heavy atom. The summed E-state index contributed by atoms with van der Waals surface area (Å²) in [7, 11) is 0. The van der Waals surface area contributed by atoms with Crippen molar-refractivity contribution in [3.8, 4) is 0 Å². The third-order valence-corrected chi connectivity index (χ3v) is 4.70. The van der Waals surface area contributed by atoms with Gasteiger partial charge in [-0.2, -0.15) is 0 Å². The average Bonchev–Trinajstić information content (AvgIpc) is 3.18. The standard InChI is InChI=1S/C18H21N3O5/c1-10(22)21-9-12(23)7-16(21)17(24)20-15(18(25)26)6-11-8-19-14-5-3-2-4-13(11)14/h2-5,8,12,15-16,19,23H,6-7,9H2,1H3,(H,20,24)(H,25,26)/t12-,15+,16+/m1/s1. The van der Waals surface area contributed by atoms with Crippen LogP contribution in [0.5, 0.6) is 0 Å². The zero-order valence-corrected chi connectivity index (χ0v) is 14.3. The van der Waals surface area contributed by atoms with Crippen molar-refractivity contribution in [1.82, 2.24) is 15.2 Å². The molecule has 1 saturated heterocycles. The van der Waals surface area contributed by atoms with Crippen LogP contribution in [0.15, 0.2) is 30.5 Å². The maximum Gasteiger partial charge on any atom is 0.326 e. The lowest BCUT2D eigenvalue weighted by atomic mass is 10.0. The van der Waals surface area contributed by atoms with Crippen molar-refractivity contribution < 1.29 is 24.6 Å². The molecule has 8 heteroatoms. The largest absolute Gasteiger partial charge is 0.480 e. The molecule has 1 aliphatic rings. The third-order valence-electron chi connectivity index (χ3n) is 4.70. The molecule has 3 atom stereocenters. The van der Waals surface area contributed by atoms with Crippen molar-refractivity contribution in [3.63, 3.8) is 0 Å². The van der Waals surface area contributed by atoms with Crippen LogP contribution in [0.4, 0.5) is 0 Å². The number of hydrogen-bond donors (Lipinski definition) is 4. The number of aromatic amines is 1. The summed E-state index contributed by atoms with van der Waals surface area (Å²) in [5.74, 6) is -2.05. The third kappa shape index (κ3) is 3.55. The van der Waals surface area contributed by atoms with Crippen molar-refractivity contribution >= 4 is 28.7 Å². The van der Waals surface area contributed by atoms with Gasteiger partial charge in [0.1, 0.15) is 12.1 Å². The molecule has 26 heavy (non-hydrogen) atoms. The molecule has 2 amide bonds. The summed E-state index contributed by atoms with van der Waals surface area (Å²) in [6.07, 6.45) is 1.16. The first-order valence-electron chi connectivity index (χ1n) is 8.40. The molecule has 3 rings (SSSR count). The number of H-pyrrole nitrogens is 1. The smallest absolute Gasteiger partial charge is 0.326 e. The van der Waals surface area contributed by atoms with E-state index in [2.05, 4.69) is 10.3 Å². The number of benzene rings is 1. The van der Waals surface area contributed by atoms with Gasteiger partial charge in [0.15, 0.2) is 0 Å². The monoisotopic (exact) mass is 359 g/mol. The van der Waals surface area contributed by atoms with Gasteiger partial charge in [-0.3, -0.25) is 9.59 Å². The van der Waals surface area contributed by atoms with E-state index in [1.165, 1.54) is 11.8 Å². The molecule has 0 aliphatic carbocycles. The maximum atomic E-state index is 12.5. The van der Waals surface area contributed by atoms with Gasteiger partial charge in [0.05, 0.1) is 6.10 Å². The first kappa shape index (κ1) is 17.9. The Bertz CT molecular complexity index is 846. The molecule has 4 N–H and O–H groups in total. The van der Waals surface area contributed by atoms with E-state index in [1.54, 1.807) is 6.20 Å². The number of carboxylic acid groups (broad SMARTS) is 1. The van der Waals surface area contributed by atoms with Gasteiger partial charge in [-0.05, 0) is 11.6 Å². The SMILES string of the molecule is CC(=O)N1C[C@H](O)C[C@H]1C(=O)N[C@@H](Cc1c[nH]c2ccccc12)C(=O)O. The topological polar surface area (TPSA) is 123 Å². The number of para-hydroxylation sites is 1. The number of hydrogen-bond acceptors (Lipinski definition) is 4. The van der Waals surface area contributed by atoms with E-state index in [1.807, 2.05) is 24.3 Å². The summed E-state index contributed by atoms with van der Waals surface area (Å²) in [4.78, 5) is 40.2. The molecule has 0 bridgehead atoms. The molecule has 8 nitrogen and oxygen atoms in total. The van der Waals surface area contributed by atoms with Crippen LogP contribution >= 0.6 is 0 Å². The highest BCUT2D eigenvalue weighted by Gasteiger charge is 2.38. The van der Waals surface area contributed by atoms with Crippen molar-refractivity contribution in [2.24, 2.45) is 0 Å². The first-order valence-corrected chi connectivity index (χ1v) is 8.40. The zero-order valence-electron chi connectivity index (χ0n) is 14.3. The van der Waals surface area contributed by atoms with Crippen LogP contribution in [0.25, 0.3) is 10.9 Å². The Morgan fingerprint density at radius 2 is 2.08 bits per heavy atom. The molecule has 0 spiro atoms. The average molecular weight is 359 g/mol. The molecule has 2 heterocycles. The van der Waals surface area contributed by atoms with Gasteiger partial charge in [0, 0.05) is 43.4 Å². The van der Waals surface area contributed by atoms with Crippen molar-refractivity contribution in [3.05, 3.63) is 36.0 Å². The Hall–Kier alpha value is -2.87. The molecule has 0 unspecified atom stereocenters. The number of likely N-dealkylation sites (tertiary alicyclic amines) is 1. The highest BCUT2D eigenvalue weighted by atomic mass is 16.4. The van der Waals surface area contributed by atoms with Gasteiger partial charge in [0.25, 0.3) is 0 Å². The van der Waals surface area contributed by atoms with Crippen LogP contribution in [-0.2, 0) is 20.8 Å². The number of carbonyl (C=O) groups is 3. The number of aliphatic hydroxyl groups is 1. The Labute approximate surface area is 149 Å². The normalized spacial score (nSPS) is 20.9. The molecular formula is C18H21N3O5. The van der Waals surface area contributed by atoms with E-state index in [-0.39, 0.29) is 25.3 Å². The van der Waals surface area contributed by atoms with Crippen LogP contribution in [0.2, 0.25) is 0 Å². The summed E-state index contributed by atoms with van der Waals surface area (Å²) in [6.45, 7) is 1.40. The molecular weight excluding hydrogens is 338 g/mol. The lowest BCUT2D eigenvalue weighted by Gasteiger charge is -2.24. The summed E-state index contributed by atoms with van der Waals surface area (Å²) >= 11 is 0. The first-order chi connectivity index (χ1) is 12.4. The molecule has 1 fully saturated rings. The number of nitrogens with one attached hydrogen (secondary N) is 2. The second-order valence-electron chi connectivity index (χ2n) is 6.54. The number of carboxylic acids is 1. The minimum atomic E-state index is -1.16. The minimum Gasteiger partial charge on any atom is -0.480 e. The Balaban J connectivity index is 1.75. The van der Waals surface area contributed by atoms with Crippen molar-refractivity contribution in [2.75, 3.05) is 6.54 Å². The minimum absolute atomic E-state index is 0.0770. The highest BCUT2D eigenvalue weighted by molar-refractivity contribution is 5.91. The Kier molecular flexibility index (Phi) is 4.94. The summed E-state index contributed by atoms with van der Waals surface area (Å²) in [6, 6.07) is 5.52. The molecule has 0 radical (unpaired) electrons. The zero-order chi connectivity index (χ0) is 18.8. The fraction of sp³-hybridized carbons (Fsp3) is 0.389. The van der Waals surface area contributed by atoms with Crippen molar-refractivity contribution in [1.29, 1.82) is 0 Å². The van der Waals surface area contributed by atoms with Crippen LogP contribution < -0.4 is 5.32 Å². The predicted molar refractivity (Wildman–Crippen MR) is 93.4 cm³/mol. The van der Waals surface area contributed by atoms with E-state index < -0.39 is 30.1 Å². The van der Waals surface area contributed by atoms with Gasteiger partial charge >= 0.3 is 5.97 Å². The Morgan fingerprint density at radius 1 is 1.35 bits per heavy atom. The summed E-state index contributed by atoms with van der Waals surface area (Å²) in [5.41, 5.74) is 1.67. The number of fused-ring (bicyclic) bond motifs is 1. The van der Waals surface area contributed by atoms with Crippen molar-refractivity contribution in [2.45, 2.75) is 38.0 Å². The number of carbonyl (C=O) groups excluding carboxylic acids is 2. The highest BCUT2D eigenvalue weighted by Crippen LogP contribution is 2.21. The molecule has 1 aliphatic heterocycles. The lowest BCUT2D eigenvalue weighted by Crippen LogP contribution is -2.51. The number of aliphatic hydroxyl groups excluding tert-OH is 1. The van der Waals surface area contributed by atoms with Gasteiger partial charge < -0.3 is 25.4 Å². The lowest BCUT2D eigenvalue weighted by molar-refractivity contribution is -0.143. The maximum absolute atomic E-state index is 12.5. The molecule has 1 aromatic heterocycles. The molecule has 0 saturated carbocycles. The number of amides is 2. The summed E-state index contributed by atoms with van der Waals surface area (Å²) in [5, 5.41) is 22.7. The van der Waals surface area contributed by atoms with Crippen LogP contribution in [0.1, 0.15) is 18.9 Å². The molecule has 138 valence electrons. The van der Waals surface area contributed by atoms with Crippen LogP contribution in [-0.4, -0.2) is 62.6 Å². The number of aromatic nitrogens is 1. The molecule has 1 aromatic carbocycles. The van der Waals surface area contributed by atoms with E-state index in [0.717, 1.165) is 16.5 Å². The van der Waals surface area contributed by atoms with E-state index in [0.29, 0.717) is 0 Å². The van der Waals surface area contributed by atoms with Gasteiger partial charge in [0.2, 0.25) is 11.8 Å². The number of β-amino-alcohol motifs (C(OH)–C–C–N with tert-alkyl or cyclic N) is 1. The van der Waals surface area contributed by atoms with E-state index in [9.17, 15) is 24.6 Å². The van der Waals surface area contributed by atoms with Crippen LogP contribution in [0, 0.1) is 0 Å². The van der Waals surface area contributed by atoms with Gasteiger partial charge in [-0.15, -0.1) is 0 Å². The second-order valence-corrected chi connectivity index (χ2v) is 6.54. The summed E-state index contributed by atoms with van der Waals surface area (Å²) < 4.78 is 0. The second kappa shape index (κ2) is 7.17. The number of aliphatic carboxylic acids is 1. The fourth-order valence-electron chi connectivity index (χ4n) is 3.40. The van der Waals surface area contributed by atoms with E-state index >= 15 is 0 Å². The number of rotatable bonds is 5.